The van der Waals surface area contributed by atoms with Gasteiger partial charge >= 0.3 is 5.69 Å². The van der Waals surface area contributed by atoms with E-state index in [0.29, 0.717) is 10.3 Å². The van der Waals surface area contributed by atoms with Crippen LogP contribution < -0.4 is 4.43 Å². The first-order chi connectivity index (χ1) is 12.6. The molecule has 0 spiro atoms. The lowest BCUT2D eigenvalue weighted by Gasteiger charge is -2.18. The Morgan fingerprint density at radius 1 is 1.12 bits per heavy atom. The lowest BCUT2D eigenvalue weighted by molar-refractivity contribution is -0.467. The van der Waals surface area contributed by atoms with Gasteiger partial charge in [-0.25, -0.2) is 0 Å². The number of nitriles is 1. The molecular formula is C15H7N9O2. The van der Waals surface area contributed by atoms with E-state index in [9.17, 15) is 15.4 Å². The van der Waals surface area contributed by atoms with E-state index in [-0.39, 0.29) is 32.5 Å². The second kappa shape index (κ2) is 6.54. The van der Waals surface area contributed by atoms with Gasteiger partial charge in [-0.05, 0) is 17.1 Å². The topological polar surface area (TPSA) is 172 Å². The lowest BCUT2D eigenvalue weighted by Crippen LogP contribution is -2.24. The zero-order valence-electron chi connectivity index (χ0n) is 12.9. The van der Waals surface area contributed by atoms with Crippen LogP contribution in [0.4, 0.5) is 11.4 Å². The summed E-state index contributed by atoms with van der Waals surface area (Å²) in [4.78, 5) is 17.8. The number of hydrogen-bond acceptors (Lipinski definition) is 5. The SMILES string of the molecule is N#Cc1c(-c2ccccc2)n([O-])c2cc(N=[N+]=[N-])c(N=[N+]=[N-])cc2[n+]1=O. The highest BCUT2D eigenvalue weighted by Crippen LogP contribution is 2.34. The first kappa shape index (κ1) is 16.4. The quantitative estimate of drug-likeness (QED) is 0.298. The van der Waals surface area contributed by atoms with E-state index in [1.807, 2.05) is 0 Å². The molecule has 3 aromatic rings. The summed E-state index contributed by atoms with van der Waals surface area (Å²) in [6.07, 6.45) is 0. The van der Waals surface area contributed by atoms with E-state index in [1.54, 1.807) is 36.4 Å². The number of aromatic nitrogens is 2. The second-order valence-corrected chi connectivity index (χ2v) is 4.97. The molecule has 0 bridgehead atoms. The highest BCUT2D eigenvalue weighted by molar-refractivity contribution is 5.86. The summed E-state index contributed by atoms with van der Waals surface area (Å²) in [6, 6.07) is 12.2. The van der Waals surface area contributed by atoms with E-state index in [2.05, 4.69) is 20.1 Å². The largest absolute Gasteiger partial charge is 0.805 e. The Bertz CT molecular complexity index is 1230. The van der Waals surface area contributed by atoms with Crippen LogP contribution in [0.2, 0.25) is 0 Å². The summed E-state index contributed by atoms with van der Waals surface area (Å²) >= 11 is 0. The van der Waals surface area contributed by atoms with Crippen LogP contribution in [-0.4, -0.2) is 4.73 Å². The smallest absolute Gasteiger partial charge is 0.363 e. The minimum atomic E-state index is -0.415. The van der Waals surface area contributed by atoms with Gasteiger partial charge in [-0.15, -0.1) is 0 Å². The minimum Gasteiger partial charge on any atom is -0.805 e. The summed E-state index contributed by atoms with van der Waals surface area (Å²) in [5.74, 6) is 0. The predicted molar refractivity (Wildman–Crippen MR) is 91.8 cm³/mol. The van der Waals surface area contributed by atoms with Gasteiger partial charge in [0.15, 0.2) is 6.07 Å². The number of fused-ring (bicyclic) bond motifs is 1. The Morgan fingerprint density at radius 2 is 1.73 bits per heavy atom. The van der Waals surface area contributed by atoms with Crippen LogP contribution in [0.15, 0.2) is 52.7 Å². The van der Waals surface area contributed by atoms with Gasteiger partial charge in [-0.2, -0.15) is 5.26 Å². The minimum absolute atomic E-state index is 0.119. The molecule has 1 aromatic heterocycles. The monoisotopic (exact) mass is 345 g/mol. The van der Waals surface area contributed by atoms with Crippen LogP contribution in [0.5, 0.6) is 0 Å². The van der Waals surface area contributed by atoms with E-state index < -0.39 is 5.69 Å². The molecule has 11 nitrogen and oxygen atoms in total. The standard InChI is InChI=1S/C15H7N9O2/c16-8-14-15(9-4-2-1-3-5-9)24(26)13-7-11(20-22-18)10(19-21-17)6-12(13)23(14)25/h1-7H. The van der Waals surface area contributed by atoms with Crippen molar-refractivity contribution in [1.82, 2.24) is 4.73 Å². The van der Waals surface area contributed by atoms with Gasteiger partial charge in [0, 0.05) is 32.0 Å². The third-order valence-electron chi connectivity index (χ3n) is 3.60. The van der Waals surface area contributed by atoms with Gasteiger partial charge in [0.2, 0.25) is 0 Å². The van der Waals surface area contributed by atoms with Crippen molar-refractivity contribution in [2.45, 2.75) is 0 Å². The molecule has 0 aliphatic heterocycles. The van der Waals surface area contributed by atoms with Crippen molar-refractivity contribution in [3.63, 3.8) is 0 Å². The van der Waals surface area contributed by atoms with Gasteiger partial charge in [-0.3, -0.25) is 0 Å². The highest BCUT2D eigenvalue weighted by atomic mass is 16.5. The predicted octanol–water partition coefficient (Wildman–Crippen LogP) is 4.32. The van der Waals surface area contributed by atoms with Crippen LogP contribution >= 0.6 is 0 Å². The lowest BCUT2D eigenvalue weighted by atomic mass is 10.1. The maximum Gasteiger partial charge on any atom is 0.363 e. The van der Waals surface area contributed by atoms with E-state index in [1.165, 1.54) is 0 Å². The molecule has 0 aliphatic rings. The number of rotatable bonds is 3. The van der Waals surface area contributed by atoms with Crippen molar-refractivity contribution in [1.29, 1.82) is 5.26 Å². The number of benzene rings is 2. The molecule has 0 atom stereocenters. The van der Waals surface area contributed by atoms with E-state index >= 15 is 0 Å². The Kier molecular flexibility index (Phi) is 4.11. The van der Waals surface area contributed by atoms with Gasteiger partial charge in [0.05, 0.1) is 10.1 Å². The normalized spacial score (nSPS) is 9.81. The fourth-order valence-electron chi connectivity index (χ4n) is 2.52. The first-order valence-corrected chi connectivity index (χ1v) is 7.05. The van der Waals surface area contributed by atoms with Gasteiger partial charge in [0.1, 0.15) is 11.2 Å². The molecule has 0 aliphatic carbocycles. The third-order valence-corrected chi connectivity index (χ3v) is 3.60. The van der Waals surface area contributed by atoms with Crippen LogP contribution in [-0.2, 0) is 0 Å². The van der Waals surface area contributed by atoms with Crippen LogP contribution in [0.1, 0.15) is 5.69 Å². The molecule has 0 unspecified atom stereocenters. The molecule has 0 amide bonds. The molecule has 0 radical (unpaired) electrons. The van der Waals surface area contributed by atoms with Crippen molar-refractivity contribution in [2.75, 3.05) is 0 Å². The molecular weight excluding hydrogens is 338 g/mol. The molecule has 2 aromatic carbocycles. The van der Waals surface area contributed by atoms with E-state index in [0.717, 1.165) is 12.1 Å². The first-order valence-electron chi connectivity index (χ1n) is 7.05. The van der Waals surface area contributed by atoms with E-state index in [4.69, 9.17) is 11.1 Å². The summed E-state index contributed by atoms with van der Waals surface area (Å²) in [5, 5.41) is 29.0. The van der Waals surface area contributed by atoms with Crippen LogP contribution in [0.25, 0.3) is 43.2 Å². The van der Waals surface area contributed by atoms with Crippen molar-refractivity contribution in [3.05, 3.63) is 79.2 Å². The number of azide groups is 2. The summed E-state index contributed by atoms with van der Waals surface area (Å²) in [6.45, 7) is 0. The number of nitrogens with zero attached hydrogens (tertiary/aromatic N) is 9. The molecule has 0 saturated heterocycles. The van der Waals surface area contributed by atoms with Crippen molar-refractivity contribution in [2.24, 2.45) is 10.2 Å². The van der Waals surface area contributed by atoms with Crippen molar-refractivity contribution in [3.8, 4) is 17.3 Å². The molecule has 0 fully saturated rings. The Labute approximate surface area is 144 Å². The summed E-state index contributed by atoms with van der Waals surface area (Å²) in [7, 11) is 0. The third kappa shape index (κ3) is 2.51. The van der Waals surface area contributed by atoms with Crippen LogP contribution in [0, 0.1) is 21.4 Å². The molecule has 26 heavy (non-hydrogen) atoms. The second-order valence-electron chi connectivity index (χ2n) is 4.97. The fourth-order valence-corrected chi connectivity index (χ4v) is 2.52. The van der Waals surface area contributed by atoms with Gasteiger partial charge in [0.25, 0.3) is 5.52 Å². The fraction of sp³-hybridized carbons (Fsp3) is 0. The van der Waals surface area contributed by atoms with Gasteiger partial charge in [-0.1, -0.05) is 40.6 Å². The highest BCUT2D eigenvalue weighted by Gasteiger charge is 2.24. The number of hydrogen-bond donors (Lipinski definition) is 0. The Hall–Kier alpha value is -4.51. The maximum absolute atomic E-state index is 12.9. The van der Waals surface area contributed by atoms with Crippen LogP contribution in [0.3, 0.4) is 0 Å². The molecule has 0 N–H and O–H groups in total. The zero-order valence-corrected chi connectivity index (χ0v) is 12.9. The average Bonchev–Trinajstić information content (AvgIpc) is 2.66. The van der Waals surface area contributed by atoms with Crippen molar-refractivity contribution < 1.29 is 4.43 Å². The van der Waals surface area contributed by atoms with Gasteiger partial charge < -0.3 is 9.94 Å². The molecule has 1 heterocycles. The summed E-state index contributed by atoms with van der Waals surface area (Å²) < 4.78 is 0.691. The molecule has 0 saturated carbocycles. The molecule has 3 rings (SSSR count). The molecule has 11 heteroatoms. The van der Waals surface area contributed by atoms with Crippen molar-refractivity contribution >= 4 is 22.4 Å². The maximum atomic E-state index is 12.9. The zero-order chi connectivity index (χ0) is 18.7. The Balaban J connectivity index is 2.54. The summed E-state index contributed by atoms with van der Waals surface area (Å²) in [5.41, 5.74) is 16.5. The Morgan fingerprint density at radius 3 is 2.31 bits per heavy atom. The molecule has 124 valence electrons. The average molecular weight is 345 g/mol.